The van der Waals surface area contributed by atoms with Gasteiger partial charge in [0.2, 0.25) is 41.2 Å². The van der Waals surface area contributed by atoms with Crippen LogP contribution in [0.3, 0.4) is 0 Å². The van der Waals surface area contributed by atoms with E-state index >= 15 is 0 Å². The third kappa shape index (κ3) is 15.4. The molecule has 22 nitrogen and oxygen atoms in total. The fourth-order valence-corrected chi connectivity index (χ4v) is 9.81. The van der Waals surface area contributed by atoms with Crippen molar-refractivity contribution < 1.29 is 72.1 Å². The SMILES string of the molecule is CC[C@H](C)[C@H]1NC(=O)[C@@H](NC(=O)[C@@H](C)N(C)C(=O)[C@@H]2CCCN2C(=O)C(C)=O)[C@@H](C)OC(=O)[C@H](Cc2ccc(OC)cc2)N(C)C(=O)[C@@H]2CCCN2C(=O)[C@H](CC(C)C)NC(=O)[C@@H](C)C(=O)[C@H](C(C)C)OC(=O)C[C@@H]1O. The van der Waals surface area contributed by atoms with Crippen LogP contribution in [0, 0.1) is 23.7 Å². The van der Waals surface area contributed by atoms with Gasteiger partial charge in [-0.2, -0.15) is 0 Å². The number of carbonyl (C=O) groups is 11. The lowest BCUT2D eigenvalue weighted by Crippen LogP contribution is -2.61. The maximum absolute atomic E-state index is 14.8. The van der Waals surface area contributed by atoms with E-state index in [2.05, 4.69) is 16.0 Å². The number of esters is 2. The summed E-state index contributed by atoms with van der Waals surface area (Å²) in [6, 6.07) is -2.36. The molecule has 4 N–H and O–H groups in total. The maximum atomic E-state index is 14.8. The Morgan fingerprint density at radius 2 is 1.51 bits per heavy atom. The zero-order chi connectivity index (χ0) is 57.0. The van der Waals surface area contributed by atoms with Gasteiger partial charge in [-0.15, -0.1) is 0 Å². The summed E-state index contributed by atoms with van der Waals surface area (Å²) in [6.07, 6.45) is -3.80. The van der Waals surface area contributed by atoms with Crippen LogP contribution in [0.5, 0.6) is 5.75 Å². The van der Waals surface area contributed by atoms with Crippen LogP contribution in [-0.2, 0) is 68.6 Å². The average Bonchev–Trinajstić information content (AvgIpc) is 4.08. The van der Waals surface area contributed by atoms with Crippen LogP contribution < -0.4 is 20.7 Å². The smallest absolute Gasteiger partial charge is 0.329 e. The van der Waals surface area contributed by atoms with Gasteiger partial charge in [0.1, 0.15) is 48.1 Å². The quantitative estimate of drug-likeness (QED) is 0.124. The van der Waals surface area contributed by atoms with E-state index in [0.29, 0.717) is 30.6 Å². The number of hydrogen-bond donors (Lipinski definition) is 4. The van der Waals surface area contributed by atoms with Crippen LogP contribution in [-0.4, -0.2) is 184 Å². The molecule has 3 heterocycles. The number of ether oxygens (including phenoxy) is 3. The first-order valence-electron chi connectivity index (χ1n) is 26.5. The number of cyclic esters (lactones) is 2. The molecule has 3 aliphatic rings. The van der Waals surface area contributed by atoms with Crippen LogP contribution in [0.2, 0.25) is 0 Å². The Morgan fingerprint density at radius 1 is 0.882 bits per heavy atom. The highest BCUT2D eigenvalue weighted by atomic mass is 16.6. The number of Topliss-reactive ketones (excluding diaryl/α,β-unsaturated/α-hetero) is 2. The zero-order valence-corrected chi connectivity index (χ0v) is 46.4. The third-order valence-electron chi connectivity index (χ3n) is 14.9. The highest BCUT2D eigenvalue weighted by Gasteiger charge is 2.45. The number of amides is 7. The van der Waals surface area contributed by atoms with Gasteiger partial charge in [0, 0.05) is 40.5 Å². The fourth-order valence-electron chi connectivity index (χ4n) is 9.81. The second kappa shape index (κ2) is 27.6. The molecule has 0 bridgehead atoms. The molecule has 3 fully saturated rings. The minimum Gasteiger partial charge on any atom is -0.497 e. The van der Waals surface area contributed by atoms with Crippen LogP contribution >= 0.6 is 0 Å². The predicted molar refractivity (Wildman–Crippen MR) is 275 cm³/mol. The second-order valence-corrected chi connectivity index (χ2v) is 21.3. The molecule has 0 aliphatic carbocycles. The van der Waals surface area contributed by atoms with Crippen molar-refractivity contribution in [1.82, 2.24) is 35.6 Å². The summed E-state index contributed by atoms with van der Waals surface area (Å²) in [6.45, 7) is 15.8. The topological polar surface area (TPSA) is 285 Å². The minimum absolute atomic E-state index is 0.132. The lowest BCUT2D eigenvalue weighted by molar-refractivity contribution is -0.163. The van der Waals surface area contributed by atoms with E-state index in [1.807, 2.05) is 13.8 Å². The lowest BCUT2D eigenvalue weighted by Gasteiger charge is -2.36. The Labute approximate surface area is 446 Å². The molecule has 0 unspecified atom stereocenters. The van der Waals surface area contributed by atoms with Gasteiger partial charge < -0.3 is 54.9 Å². The molecule has 0 saturated carbocycles. The molecule has 0 radical (unpaired) electrons. The number of nitrogens with zero attached hydrogens (tertiary/aromatic N) is 4. The molecule has 3 aliphatic heterocycles. The molecule has 4 rings (SSSR count). The molecule has 0 aromatic heterocycles. The van der Waals surface area contributed by atoms with Gasteiger partial charge in [-0.1, -0.05) is 60.1 Å². The van der Waals surface area contributed by atoms with Crippen molar-refractivity contribution in [3.63, 3.8) is 0 Å². The fraction of sp³-hybridized carbons (Fsp3) is 0.685. The number of nitrogens with one attached hydrogen (secondary N) is 3. The highest BCUT2D eigenvalue weighted by molar-refractivity contribution is 6.35. The monoisotopic (exact) mass is 1070 g/mol. The maximum Gasteiger partial charge on any atom is 0.329 e. The molecular formula is C54H81N7O15. The third-order valence-corrected chi connectivity index (χ3v) is 14.9. The van der Waals surface area contributed by atoms with Gasteiger partial charge in [0.25, 0.3) is 5.91 Å². The molecule has 22 heteroatoms. The summed E-state index contributed by atoms with van der Waals surface area (Å²) in [5, 5.41) is 19.8. The first-order chi connectivity index (χ1) is 35.6. The van der Waals surface area contributed by atoms with Crippen molar-refractivity contribution >= 4 is 64.9 Å². The molecule has 1 aromatic carbocycles. The van der Waals surface area contributed by atoms with Crippen molar-refractivity contribution in [3.05, 3.63) is 29.8 Å². The summed E-state index contributed by atoms with van der Waals surface area (Å²) in [5.41, 5.74) is 0.564. The molecule has 7 amide bonds. The summed E-state index contributed by atoms with van der Waals surface area (Å²) >= 11 is 0. The molecule has 1 aromatic rings. The molecule has 0 spiro atoms. The average molecular weight is 1070 g/mol. The van der Waals surface area contributed by atoms with Gasteiger partial charge in [0.05, 0.1) is 31.6 Å². The predicted octanol–water partition coefficient (Wildman–Crippen LogP) is 1.50. The number of carbonyl (C=O) groups excluding carboxylic acids is 11. The number of aliphatic hydroxyl groups excluding tert-OH is 1. The Bertz CT molecular complexity index is 2310. The van der Waals surface area contributed by atoms with Crippen LogP contribution in [0.1, 0.15) is 120 Å². The van der Waals surface area contributed by atoms with E-state index in [-0.39, 0.29) is 44.7 Å². The van der Waals surface area contributed by atoms with Gasteiger partial charge >= 0.3 is 11.9 Å². The number of methoxy groups -OCH3 is 1. The molecule has 3 saturated heterocycles. The number of rotatable bonds is 13. The van der Waals surface area contributed by atoms with E-state index < -0.39 is 150 Å². The number of aliphatic hydroxyl groups is 1. The van der Waals surface area contributed by atoms with E-state index in [4.69, 9.17) is 14.2 Å². The molecule has 12 atom stereocenters. The van der Waals surface area contributed by atoms with Crippen molar-refractivity contribution in [2.75, 3.05) is 34.3 Å². The first kappa shape index (κ1) is 62.1. The van der Waals surface area contributed by atoms with Crippen LogP contribution in [0.4, 0.5) is 0 Å². The van der Waals surface area contributed by atoms with Crippen molar-refractivity contribution in [3.8, 4) is 5.75 Å². The van der Waals surface area contributed by atoms with Crippen molar-refractivity contribution in [1.29, 1.82) is 0 Å². The van der Waals surface area contributed by atoms with E-state index in [0.717, 1.165) is 16.7 Å². The van der Waals surface area contributed by atoms with E-state index in [9.17, 15) is 57.8 Å². The Hall–Kier alpha value is -6.45. The standard InChI is InChI=1S/C54H81N7O15/c1-14-30(6)43-41(63)27-42(64)76-46(29(4)5)45(65)31(7)47(66)55-37(25-28(2)3)51(70)61-24-16-18-39(61)53(72)59(12)40(26-35-19-21-36(74-13)22-20-35)54(73)75-34(10)44(49(68)56-43)57-48(67)32(8)58(11)52(71)38-17-15-23-60(38)50(69)33(9)62/h19-22,28-32,34,37-41,43-44,46,63H,14-18,23-27H2,1-13H3,(H,55,66)(H,56,68)(H,57,67)/t30-,31-,32+,34+,37-,38-,39-,40-,41-,43+,44-,46-/m0/s1. The summed E-state index contributed by atoms with van der Waals surface area (Å²) in [5.74, 6) is -11.2. The Morgan fingerprint density at radius 3 is 2.09 bits per heavy atom. The number of likely N-dealkylation sites (N-methyl/N-ethyl adjacent to an activating group) is 2. The molecule has 422 valence electrons. The largest absolute Gasteiger partial charge is 0.497 e. The van der Waals surface area contributed by atoms with Crippen molar-refractivity contribution in [2.24, 2.45) is 23.7 Å². The van der Waals surface area contributed by atoms with E-state index in [1.54, 1.807) is 52.0 Å². The number of hydrogen-bond acceptors (Lipinski definition) is 15. The molecule has 76 heavy (non-hydrogen) atoms. The normalized spacial score (nSPS) is 27.7. The number of benzene rings is 1. The van der Waals surface area contributed by atoms with Crippen LogP contribution in [0.15, 0.2) is 24.3 Å². The van der Waals surface area contributed by atoms with E-state index in [1.165, 1.54) is 51.8 Å². The van der Waals surface area contributed by atoms with Gasteiger partial charge in [-0.3, -0.25) is 47.9 Å². The Balaban J connectivity index is 1.84. The zero-order valence-electron chi connectivity index (χ0n) is 46.4. The van der Waals surface area contributed by atoms with Crippen LogP contribution in [0.25, 0.3) is 0 Å². The summed E-state index contributed by atoms with van der Waals surface area (Å²) in [7, 11) is 4.19. The lowest BCUT2D eigenvalue weighted by atomic mass is 9.91. The van der Waals surface area contributed by atoms with Gasteiger partial charge in [-0.05, 0) is 88.3 Å². The number of ketones is 2. The second-order valence-electron chi connectivity index (χ2n) is 21.3. The highest BCUT2D eigenvalue weighted by Crippen LogP contribution is 2.27. The van der Waals surface area contributed by atoms with Gasteiger partial charge in [-0.25, -0.2) is 4.79 Å². The van der Waals surface area contributed by atoms with Crippen molar-refractivity contribution in [2.45, 2.75) is 181 Å². The molecular weight excluding hydrogens is 987 g/mol. The first-order valence-corrected chi connectivity index (χ1v) is 26.5. The summed E-state index contributed by atoms with van der Waals surface area (Å²) in [4.78, 5) is 158. The minimum atomic E-state index is -1.77. The number of fused-ring (bicyclic) bond motifs is 1. The Kier molecular flexibility index (Phi) is 22.5. The summed E-state index contributed by atoms with van der Waals surface area (Å²) < 4.78 is 17.1. The number of likely N-dealkylation sites (tertiary alicyclic amines) is 1. The van der Waals surface area contributed by atoms with Gasteiger partial charge in [0.15, 0.2) is 11.9 Å².